The molecule has 1 aromatic carbocycles. The highest BCUT2D eigenvalue weighted by Crippen LogP contribution is 2.35. The Morgan fingerprint density at radius 2 is 2.17 bits per heavy atom. The van der Waals surface area contributed by atoms with Gasteiger partial charge < -0.3 is 10.6 Å². The number of aromatic nitrogens is 2. The van der Waals surface area contributed by atoms with Crippen LogP contribution in [0.1, 0.15) is 45.3 Å². The molecule has 7 heteroatoms. The van der Waals surface area contributed by atoms with Crippen LogP contribution in [-0.4, -0.2) is 22.6 Å². The molecule has 2 aliphatic rings. The molecule has 0 radical (unpaired) electrons. The van der Waals surface area contributed by atoms with Gasteiger partial charge in [-0.3, -0.25) is 9.89 Å². The van der Waals surface area contributed by atoms with Crippen molar-refractivity contribution in [2.75, 3.05) is 6.54 Å². The molecule has 1 amide bonds. The summed E-state index contributed by atoms with van der Waals surface area (Å²) in [7, 11) is 0. The number of aromatic amines is 1. The first-order valence-corrected chi connectivity index (χ1v) is 8.38. The number of nitrogens with zero attached hydrogens (tertiary/aromatic N) is 1. The fraction of sp³-hybridized carbons (Fsp3) is 0.375. The molecule has 1 unspecified atom stereocenters. The van der Waals surface area contributed by atoms with Crippen LogP contribution >= 0.6 is 28.3 Å². The van der Waals surface area contributed by atoms with E-state index >= 15 is 0 Å². The maximum absolute atomic E-state index is 12.6. The van der Waals surface area contributed by atoms with Gasteiger partial charge in [0.25, 0.3) is 5.91 Å². The number of hydrogen-bond acceptors (Lipinski definition) is 3. The van der Waals surface area contributed by atoms with Crippen LogP contribution in [0.15, 0.2) is 22.7 Å². The highest BCUT2D eigenvalue weighted by Gasteiger charge is 2.28. The maximum atomic E-state index is 12.6. The summed E-state index contributed by atoms with van der Waals surface area (Å²) in [4.78, 5) is 12.6. The van der Waals surface area contributed by atoms with Crippen molar-refractivity contribution >= 4 is 34.2 Å². The van der Waals surface area contributed by atoms with E-state index in [1.807, 2.05) is 6.07 Å². The van der Waals surface area contributed by atoms with E-state index in [0.717, 1.165) is 41.5 Å². The lowest BCUT2D eigenvalue weighted by molar-refractivity contribution is 0.0930. The Hall–Kier alpha value is -1.37. The van der Waals surface area contributed by atoms with Crippen molar-refractivity contribution in [3.63, 3.8) is 0 Å². The van der Waals surface area contributed by atoms with Gasteiger partial charge >= 0.3 is 0 Å². The van der Waals surface area contributed by atoms with Gasteiger partial charge in [0.15, 0.2) is 5.69 Å². The van der Waals surface area contributed by atoms with Crippen molar-refractivity contribution in [2.45, 2.75) is 31.8 Å². The van der Waals surface area contributed by atoms with Crippen LogP contribution in [0.5, 0.6) is 0 Å². The van der Waals surface area contributed by atoms with Crippen molar-refractivity contribution in [2.24, 2.45) is 0 Å². The Bertz CT molecular complexity index is 746. The summed E-state index contributed by atoms with van der Waals surface area (Å²) in [6.45, 7) is 1.64. The van der Waals surface area contributed by atoms with E-state index in [0.29, 0.717) is 12.2 Å². The molecule has 2 aromatic rings. The quantitative estimate of drug-likeness (QED) is 0.730. The smallest absolute Gasteiger partial charge is 0.272 e. The molecular formula is C16H18BrClN4O. The zero-order chi connectivity index (χ0) is 15.1. The second-order valence-electron chi connectivity index (χ2n) is 5.83. The lowest BCUT2D eigenvalue weighted by atomic mass is 10.1. The van der Waals surface area contributed by atoms with Crippen molar-refractivity contribution in [3.05, 3.63) is 50.8 Å². The molecule has 2 heterocycles. The van der Waals surface area contributed by atoms with E-state index in [2.05, 4.69) is 48.9 Å². The molecule has 0 spiro atoms. The summed E-state index contributed by atoms with van der Waals surface area (Å²) < 4.78 is 1.13. The lowest BCUT2D eigenvalue weighted by Crippen LogP contribution is -2.30. The first-order valence-electron chi connectivity index (χ1n) is 7.59. The molecule has 4 rings (SSSR count). The molecule has 0 fully saturated rings. The Morgan fingerprint density at radius 3 is 3.04 bits per heavy atom. The lowest BCUT2D eigenvalue weighted by Gasteiger charge is -2.16. The summed E-state index contributed by atoms with van der Waals surface area (Å²) in [5, 5.41) is 13.7. The van der Waals surface area contributed by atoms with Crippen molar-refractivity contribution < 1.29 is 4.79 Å². The summed E-state index contributed by atoms with van der Waals surface area (Å²) in [5.41, 5.74) is 5.14. The highest BCUT2D eigenvalue weighted by molar-refractivity contribution is 9.10. The van der Waals surface area contributed by atoms with Crippen LogP contribution < -0.4 is 10.6 Å². The number of fused-ring (bicyclic) bond motifs is 2. The second kappa shape index (κ2) is 6.63. The van der Waals surface area contributed by atoms with E-state index in [9.17, 15) is 4.79 Å². The van der Waals surface area contributed by atoms with Gasteiger partial charge in [-0.15, -0.1) is 12.4 Å². The van der Waals surface area contributed by atoms with Gasteiger partial charge in [-0.2, -0.15) is 5.10 Å². The minimum Gasteiger partial charge on any atom is -0.344 e. The van der Waals surface area contributed by atoms with Crippen LogP contribution in [0, 0.1) is 0 Å². The SMILES string of the molecule is Cl.O=C(NC1CCc2c(Br)cccc21)c1n[nH]c2c1CNCC2. The average Bonchev–Trinajstić information content (AvgIpc) is 3.12. The number of carbonyl (C=O) groups is 1. The van der Waals surface area contributed by atoms with Gasteiger partial charge in [0, 0.05) is 35.2 Å². The van der Waals surface area contributed by atoms with Crippen molar-refractivity contribution in [3.8, 4) is 0 Å². The van der Waals surface area contributed by atoms with Crippen LogP contribution in [0.4, 0.5) is 0 Å². The Labute approximate surface area is 149 Å². The summed E-state index contributed by atoms with van der Waals surface area (Å²) in [5.74, 6) is -0.0842. The van der Waals surface area contributed by atoms with Gasteiger partial charge in [0.1, 0.15) is 0 Å². The Balaban J connectivity index is 0.00000156. The first-order chi connectivity index (χ1) is 10.7. The summed E-state index contributed by atoms with van der Waals surface area (Å²) in [6.07, 6.45) is 2.82. The number of hydrogen-bond donors (Lipinski definition) is 3. The topological polar surface area (TPSA) is 69.8 Å². The average molecular weight is 398 g/mol. The predicted octanol–water partition coefficient (Wildman–Crippen LogP) is 2.66. The van der Waals surface area contributed by atoms with Gasteiger partial charge in [0.05, 0.1) is 6.04 Å². The third-order valence-electron chi connectivity index (χ3n) is 4.54. The third-order valence-corrected chi connectivity index (χ3v) is 5.28. The number of nitrogens with one attached hydrogen (secondary N) is 3. The van der Waals surface area contributed by atoms with Gasteiger partial charge in [-0.05, 0) is 30.0 Å². The monoisotopic (exact) mass is 396 g/mol. The molecule has 1 aromatic heterocycles. The highest BCUT2D eigenvalue weighted by atomic mass is 79.9. The third kappa shape index (κ3) is 2.91. The van der Waals surface area contributed by atoms with E-state index < -0.39 is 0 Å². The normalized spacial score (nSPS) is 18.7. The fourth-order valence-corrected chi connectivity index (χ4v) is 3.98. The van der Waals surface area contributed by atoms with Gasteiger partial charge in [-0.1, -0.05) is 28.1 Å². The number of benzene rings is 1. The molecular weight excluding hydrogens is 380 g/mol. The molecule has 1 atom stereocenters. The number of carbonyl (C=O) groups excluding carboxylic acids is 1. The molecule has 0 saturated carbocycles. The van der Waals surface area contributed by atoms with E-state index in [4.69, 9.17) is 0 Å². The zero-order valence-corrected chi connectivity index (χ0v) is 14.9. The van der Waals surface area contributed by atoms with Crippen LogP contribution in [0.2, 0.25) is 0 Å². The van der Waals surface area contributed by atoms with E-state index in [-0.39, 0.29) is 24.4 Å². The summed E-state index contributed by atoms with van der Waals surface area (Å²) >= 11 is 3.59. The Morgan fingerprint density at radius 1 is 1.30 bits per heavy atom. The minimum atomic E-state index is -0.0842. The summed E-state index contributed by atoms with van der Waals surface area (Å²) in [6, 6.07) is 6.25. The fourth-order valence-electron chi connectivity index (χ4n) is 3.40. The standard InChI is InChI=1S/C16H17BrN4O.ClH/c17-12-3-1-2-10-9(12)4-5-13(10)19-16(22)15-11-8-18-7-6-14(11)20-21-15;/h1-3,13,18H,4-8H2,(H,19,22)(H,20,21);1H. The maximum Gasteiger partial charge on any atom is 0.272 e. The van der Waals surface area contributed by atoms with Crippen LogP contribution in [0.3, 0.4) is 0 Å². The van der Waals surface area contributed by atoms with Crippen LogP contribution in [0.25, 0.3) is 0 Å². The molecule has 0 bridgehead atoms. The second-order valence-corrected chi connectivity index (χ2v) is 6.68. The molecule has 3 N–H and O–H groups in total. The van der Waals surface area contributed by atoms with Crippen molar-refractivity contribution in [1.29, 1.82) is 0 Å². The first kappa shape index (κ1) is 16.5. The molecule has 122 valence electrons. The number of H-pyrrole nitrogens is 1. The van der Waals surface area contributed by atoms with E-state index in [1.165, 1.54) is 11.1 Å². The molecule has 23 heavy (non-hydrogen) atoms. The predicted molar refractivity (Wildman–Crippen MR) is 93.9 cm³/mol. The minimum absolute atomic E-state index is 0. The van der Waals surface area contributed by atoms with Crippen molar-refractivity contribution in [1.82, 2.24) is 20.8 Å². The van der Waals surface area contributed by atoms with Gasteiger partial charge in [-0.25, -0.2) is 0 Å². The largest absolute Gasteiger partial charge is 0.344 e. The number of rotatable bonds is 2. The number of halogens is 2. The zero-order valence-electron chi connectivity index (χ0n) is 12.5. The Kier molecular flexibility index (Phi) is 4.75. The molecule has 5 nitrogen and oxygen atoms in total. The van der Waals surface area contributed by atoms with Crippen LogP contribution in [-0.2, 0) is 19.4 Å². The van der Waals surface area contributed by atoms with Gasteiger partial charge in [0.2, 0.25) is 0 Å². The number of amides is 1. The molecule has 0 saturated heterocycles. The molecule has 1 aliphatic heterocycles. The molecule has 1 aliphatic carbocycles. The van der Waals surface area contributed by atoms with E-state index in [1.54, 1.807) is 0 Å².